The van der Waals surface area contributed by atoms with Gasteiger partial charge in [0.2, 0.25) is 0 Å². The molecule has 1 N–H and O–H groups in total. The van der Waals surface area contributed by atoms with Crippen molar-refractivity contribution in [2.75, 3.05) is 0 Å². The van der Waals surface area contributed by atoms with Crippen molar-refractivity contribution in [3.8, 4) is 0 Å². The number of hydrogen-bond donors (Lipinski definition) is 1. The van der Waals surface area contributed by atoms with Gasteiger partial charge in [0.1, 0.15) is 0 Å². The Morgan fingerprint density at radius 2 is 2.06 bits per heavy atom. The molecular formula is C11H20N4O2. The lowest BCUT2D eigenvalue weighted by Crippen LogP contribution is -2.10. The maximum absolute atomic E-state index is 10.4. The number of carboxylic acid groups (broad SMARTS) is 1. The summed E-state index contributed by atoms with van der Waals surface area (Å²) in [5.41, 5.74) is 0. The van der Waals surface area contributed by atoms with E-state index in [9.17, 15) is 4.79 Å². The summed E-state index contributed by atoms with van der Waals surface area (Å²) < 4.78 is 1.81. The molecule has 0 aliphatic heterocycles. The number of hydrogen-bond acceptors (Lipinski definition) is 4. The van der Waals surface area contributed by atoms with Crippen molar-refractivity contribution >= 4 is 5.97 Å². The van der Waals surface area contributed by atoms with E-state index in [2.05, 4.69) is 29.4 Å². The van der Waals surface area contributed by atoms with E-state index in [0.29, 0.717) is 18.9 Å². The molecule has 0 fully saturated rings. The number of tetrazole rings is 1. The van der Waals surface area contributed by atoms with Crippen LogP contribution in [-0.4, -0.2) is 31.3 Å². The van der Waals surface area contributed by atoms with Crippen LogP contribution in [0.15, 0.2) is 0 Å². The average molecular weight is 240 g/mol. The average Bonchev–Trinajstić information content (AvgIpc) is 2.75. The number of aromatic nitrogens is 4. The van der Waals surface area contributed by atoms with Crippen LogP contribution >= 0.6 is 0 Å². The Morgan fingerprint density at radius 1 is 1.35 bits per heavy atom. The molecule has 0 aliphatic carbocycles. The normalized spacial score (nSPS) is 11.0. The lowest BCUT2D eigenvalue weighted by Gasteiger charge is -2.11. The number of aliphatic carboxylic acids is 1. The molecular weight excluding hydrogens is 220 g/mol. The molecule has 1 rings (SSSR count). The zero-order valence-corrected chi connectivity index (χ0v) is 10.5. The van der Waals surface area contributed by atoms with Crippen LogP contribution in [0.4, 0.5) is 0 Å². The third-order valence-electron chi connectivity index (χ3n) is 2.92. The lowest BCUT2D eigenvalue weighted by molar-refractivity contribution is -0.137. The fourth-order valence-electron chi connectivity index (χ4n) is 1.85. The molecule has 6 heteroatoms. The summed E-state index contributed by atoms with van der Waals surface area (Å²) in [6.45, 7) is 4.95. The van der Waals surface area contributed by atoms with Gasteiger partial charge in [-0.2, -0.15) is 0 Å². The van der Waals surface area contributed by atoms with Gasteiger partial charge < -0.3 is 5.11 Å². The molecule has 1 aromatic heterocycles. The fraction of sp³-hybridized carbons (Fsp3) is 0.818. The van der Waals surface area contributed by atoms with Crippen molar-refractivity contribution in [1.29, 1.82) is 0 Å². The van der Waals surface area contributed by atoms with E-state index < -0.39 is 5.97 Å². The van der Waals surface area contributed by atoms with Crippen LogP contribution in [-0.2, 0) is 11.3 Å². The molecule has 0 unspecified atom stereocenters. The molecule has 0 aliphatic rings. The minimum atomic E-state index is -0.748. The topological polar surface area (TPSA) is 80.9 Å². The third-order valence-corrected chi connectivity index (χ3v) is 2.92. The number of carbonyl (C=O) groups is 1. The molecule has 1 heterocycles. The van der Waals surface area contributed by atoms with Crippen LogP contribution in [0.2, 0.25) is 0 Å². The quantitative estimate of drug-likeness (QED) is 0.701. The first-order chi connectivity index (χ1) is 8.19. The van der Waals surface area contributed by atoms with Crippen molar-refractivity contribution in [2.45, 2.75) is 58.4 Å². The summed E-state index contributed by atoms with van der Waals surface area (Å²) in [6.07, 6.45) is 3.71. The van der Waals surface area contributed by atoms with Crippen molar-refractivity contribution in [2.24, 2.45) is 0 Å². The Hall–Kier alpha value is -1.46. The van der Waals surface area contributed by atoms with Crippen molar-refractivity contribution in [3.63, 3.8) is 0 Å². The molecule has 6 nitrogen and oxygen atoms in total. The minimum Gasteiger partial charge on any atom is -0.481 e. The Balaban J connectivity index is 2.48. The van der Waals surface area contributed by atoms with Crippen LogP contribution < -0.4 is 0 Å². The highest BCUT2D eigenvalue weighted by molar-refractivity contribution is 5.66. The second kappa shape index (κ2) is 6.98. The number of rotatable bonds is 8. The molecule has 96 valence electrons. The highest BCUT2D eigenvalue weighted by Gasteiger charge is 2.15. The van der Waals surface area contributed by atoms with Gasteiger partial charge in [-0.3, -0.25) is 4.79 Å². The Bertz CT molecular complexity index is 347. The van der Waals surface area contributed by atoms with Crippen LogP contribution in [0.1, 0.15) is 57.7 Å². The van der Waals surface area contributed by atoms with Crippen LogP contribution in [0.25, 0.3) is 0 Å². The number of nitrogens with zero attached hydrogens (tertiary/aromatic N) is 4. The molecule has 0 amide bonds. The van der Waals surface area contributed by atoms with Gasteiger partial charge in [-0.25, -0.2) is 4.68 Å². The van der Waals surface area contributed by atoms with Crippen LogP contribution in [0.5, 0.6) is 0 Å². The van der Waals surface area contributed by atoms with Gasteiger partial charge in [0.25, 0.3) is 0 Å². The summed E-state index contributed by atoms with van der Waals surface area (Å²) >= 11 is 0. The maximum atomic E-state index is 10.4. The summed E-state index contributed by atoms with van der Waals surface area (Å²) in [7, 11) is 0. The Labute approximate surface area is 101 Å². The van der Waals surface area contributed by atoms with Crippen LogP contribution in [0, 0.1) is 0 Å². The van der Waals surface area contributed by atoms with E-state index in [1.807, 2.05) is 0 Å². The van der Waals surface area contributed by atoms with E-state index in [-0.39, 0.29) is 6.42 Å². The number of aryl methyl sites for hydroxylation is 1. The van der Waals surface area contributed by atoms with Gasteiger partial charge in [-0.05, 0) is 36.1 Å². The summed E-state index contributed by atoms with van der Waals surface area (Å²) in [6, 6.07) is 0. The van der Waals surface area contributed by atoms with Gasteiger partial charge in [-0.15, -0.1) is 5.10 Å². The third kappa shape index (κ3) is 4.13. The minimum absolute atomic E-state index is 0.211. The SMILES string of the molecule is CCC(CC)c1nnnn1CCCCC(=O)O. The molecule has 0 radical (unpaired) electrons. The van der Waals surface area contributed by atoms with E-state index in [0.717, 1.165) is 25.1 Å². The molecule has 1 aromatic rings. The van der Waals surface area contributed by atoms with E-state index in [4.69, 9.17) is 5.11 Å². The molecule has 0 saturated heterocycles. The lowest BCUT2D eigenvalue weighted by atomic mass is 10.0. The van der Waals surface area contributed by atoms with Gasteiger partial charge in [0, 0.05) is 18.9 Å². The maximum Gasteiger partial charge on any atom is 0.303 e. The van der Waals surface area contributed by atoms with Crippen molar-refractivity contribution in [3.05, 3.63) is 5.82 Å². The van der Waals surface area contributed by atoms with Crippen molar-refractivity contribution in [1.82, 2.24) is 20.2 Å². The predicted octanol–water partition coefficient (Wildman–Crippen LogP) is 1.83. The van der Waals surface area contributed by atoms with Crippen LogP contribution in [0.3, 0.4) is 0 Å². The summed E-state index contributed by atoms with van der Waals surface area (Å²) in [4.78, 5) is 10.4. The molecule has 0 bridgehead atoms. The van der Waals surface area contributed by atoms with E-state index in [1.165, 1.54) is 0 Å². The highest BCUT2D eigenvalue weighted by atomic mass is 16.4. The van der Waals surface area contributed by atoms with Gasteiger partial charge in [0.05, 0.1) is 0 Å². The molecule has 0 spiro atoms. The van der Waals surface area contributed by atoms with Crippen molar-refractivity contribution < 1.29 is 9.90 Å². The number of unbranched alkanes of at least 4 members (excludes halogenated alkanes) is 1. The zero-order valence-electron chi connectivity index (χ0n) is 10.5. The van der Waals surface area contributed by atoms with E-state index in [1.54, 1.807) is 4.68 Å². The van der Waals surface area contributed by atoms with Gasteiger partial charge >= 0.3 is 5.97 Å². The fourth-order valence-corrected chi connectivity index (χ4v) is 1.85. The first-order valence-electron chi connectivity index (χ1n) is 6.16. The predicted molar refractivity (Wildman–Crippen MR) is 62.6 cm³/mol. The first kappa shape index (κ1) is 13.6. The first-order valence-corrected chi connectivity index (χ1v) is 6.16. The Morgan fingerprint density at radius 3 is 2.65 bits per heavy atom. The summed E-state index contributed by atoms with van der Waals surface area (Å²) in [5.74, 6) is 0.566. The second-order valence-electron chi connectivity index (χ2n) is 4.12. The zero-order chi connectivity index (χ0) is 12.7. The highest BCUT2D eigenvalue weighted by Crippen LogP contribution is 2.20. The largest absolute Gasteiger partial charge is 0.481 e. The smallest absolute Gasteiger partial charge is 0.303 e. The monoisotopic (exact) mass is 240 g/mol. The molecule has 0 saturated carbocycles. The summed E-state index contributed by atoms with van der Waals surface area (Å²) in [5, 5.41) is 20.3. The Kier molecular flexibility index (Phi) is 5.59. The molecule has 0 atom stereocenters. The standard InChI is InChI=1S/C11H20N4O2/c1-3-9(4-2)11-12-13-14-15(11)8-6-5-7-10(16)17/h9H,3-8H2,1-2H3,(H,16,17). The van der Waals surface area contributed by atoms with Gasteiger partial charge in [0.15, 0.2) is 5.82 Å². The van der Waals surface area contributed by atoms with Gasteiger partial charge in [-0.1, -0.05) is 13.8 Å². The molecule has 0 aromatic carbocycles. The molecule has 17 heavy (non-hydrogen) atoms. The number of carboxylic acids is 1. The van der Waals surface area contributed by atoms with E-state index >= 15 is 0 Å². The second-order valence-corrected chi connectivity index (χ2v) is 4.12.